The lowest BCUT2D eigenvalue weighted by Crippen LogP contribution is -2.13. The second-order valence-electron chi connectivity index (χ2n) is 3.82. The first kappa shape index (κ1) is 11.3. The highest BCUT2D eigenvalue weighted by atomic mass is 16.4. The molecule has 2 rings (SSSR count). The molecule has 0 aliphatic heterocycles. The molecular weight excluding hydrogens is 220 g/mol. The average Bonchev–Trinajstić information content (AvgIpc) is 2.68. The zero-order valence-corrected chi connectivity index (χ0v) is 9.80. The van der Waals surface area contributed by atoms with Crippen molar-refractivity contribution in [3.8, 4) is 5.82 Å². The summed E-state index contributed by atoms with van der Waals surface area (Å²) in [5, 5.41) is 21.2. The number of carbonyl (C=O) groups is 1. The zero-order chi connectivity index (χ0) is 12.6. The summed E-state index contributed by atoms with van der Waals surface area (Å²) in [7, 11) is 0. The normalized spacial score (nSPS) is 10.5. The fraction of sp³-hybridized carbons (Fsp3) is 0.273. The molecule has 0 atom stereocenters. The van der Waals surface area contributed by atoms with E-state index in [1.54, 1.807) is 26.1 Å². The molecule has 0 fully saturated rings. The van der Waals surface area contributed by atoms with Crippen molar-refractivity contribution in [1.82, 2.24) is 20.0 Å². The Hall–Kier alpha value is -2.24. The van der Waals surface area contributed by atoms with E-state index in [0.717, 1.165) is 5.69 Å². The summed E-state index contributed by atoms with van der Waals surface area (Å²) < 4.78 is 1.43. The van der Waals surface area contributed by atoms with E-state index in [0.29, 0.717) is 11.3 Å². The van der Waals surface area contributed by atoms with E-state index in [1.165, 1.54) is 4.68 Å². The van der Waals surface area contributed by atoms with E-state index in [1.807, 2.05) is 6.92 Å². The quantitative estimate of drug-likeness (QED) is 0.843. The van der Waals surface area contributed by atoms with Crippen molar-refractivity contribution < 1.29 is 9.90 Å². The molecule has 0 aliphatic rings. The molecule has 2 aromatic rings. The Balaban J connectivity index is 2.70. The van der Waals surface area contributed by atoms with E-state index in [9.17, 15) is 9.90 Å². The Bertz CT molecular complexity index is 589. The van der Waals surface area contributed by atoms with Gasteiger partial charge >= 0.3 is 5.97 Å². The van der Waals surface area contributed by atoms with Gasteiger partial charge in [-0.15, -0.1) is 5.10 Å². The standard InChI is InChI=1S/C11H12N4O2/c1-6-4-5-15(14-6)10-9(11(16)17)7(2)8(3)12-13-10/h4-5H,1-3H3,(H,16,17). The third-order valence-electron chi connectivity index (χ3n) is 2.59. The van der Waals surface area contributed by atoms with E-state index in [2.05, 4.69) is 15.3 Å². The molecule has 0 unspecified atom stereocenters. The highest BCUT2D eigenvalue weighted by Crippen LogP contribution is 2.17. The number of nitrogens with zero attached hydrogens (tertiary/aromatic N) is 4. The number of aromatic nitrogens is 4. The van der Waals surface area contributed by atoms with E-state index in [-0.39, 0.29) is 11.4 Å². The van der Waals surface area contributed by atoms with Crippen LogP contribution in [0.5, 0.6) is 0 Å². The second-order valence-corrected chi connectivity index (χ2v) is 3.82. The Kier molecular flexibility index (Phi) is 2.63. The maximum Gasteiger partial charge on any atom is 0.339 e. The van der Waals surface area contributed by atoms with Crippen LogP contribution in [0.4, 0.5) is 0 Å². The summed E-state index contributed by atoms with van der Waals surface area (Å²) in [4.78, 5) is 11.3. The lowest BCUT2D eigenvalue weighted by molar-refractivity contribution is 0.0695. The molecule has 0 saturated heterocycles. The maximum absolute atomic E-state index is 11.3. The lowest BCUT2D eigenvalue weighted by atomic mass is 10.1. The van der Waals surface area contributed by atoms with Gasteiger partial charge in [0, 0.05) is 6.20 Å². The first-order valence-corrected chi connectivity index (χ1v) is 5.10. The Morgan fingerprint density at radius 1 is 1.29 bits per heavy atom. The van der Waals surface area contributed by atoms with Crippen molar-refractivity contribution in [2.45, 2.75) is 20.8 Å². The molecule has 0 radical (unpaired) electrons. The van der Waals surface area contributed by atoms with Crippen LogP contribution >= 0.6 is 0 Å². The highest BCUT2D eigenvalue weighted by molar-refractivity contribution is 5.92. The van der Waals surface area contributed by atoms with Gasteiger partial charge in [0.1, 0.15) is 5.56 Å². The number of aromatic carboxylic acids is 1. The first-order valence-electron chi connectivity index (χ1n) is 5.10. The van der Waals surface area contributed by atoms with Crippen LogP contribution in [0.1, 0.15) is 27.3 Å². The fourth-order valence-corrected chi connectivity index (χ4v) is 1.55. The molecule has 0 bridgehead atoms. The van der Waals surface area contributed by atoms with Gasteiger partial charge in [0.25, 0.3) is 0 Å². The minimum absolute atomic E-state index is 0.139. The molecule has 0 spiro atoms. The van der Waals surface area contributed by atoms with Crippen molar-refractivity contribution in [3.05, 3.63) is 34.8 Å². The van der Waals surface area contributed by atoms with Crippen LogP contribution in [0.2, 0.25) is 0 Å². The molecule has 2 aromatic heterocycles. The van der Waals surface area contributed by atoms with Crippen LogP contribution in [0.15, 0.2) is 12.3 Å². The number of hydrogen-bond donors (Lipinski definition) is 1. The van der Waals surface area contributed by atoms with Gasteiger partial charge in [-0.1, -0.05) is 0 Å². The molecule has 0 aliphatic carbocycles. The minimum atomic E-state index is -1.02. The predicted octanol–water partition coefficient (Wildman–Crippen LogP) is 1.29. The number of carboxylic acid groups (broad SMARTS) is 1. The largest absolute Gasteiger partial charge is 0.478 e. The number of hydrogen-bond acceptors (Lipinski definition) is 4. The fourth-order valence-electron chi connectivity index (χ4n) is 1.55. The van der Waals surface area contributed by atoms with Crippen LogP contribution in [0.3, 0.4) is 0 Å². The Morgan fingerprint density at radius 2 is 2.00 bits per heavy atom. The maximum atomic E-state index is 11.3. The Morgan fingerprint density at radius 3 is 2.53 bits per heavy atom. The first-order chi connectivity index (χ1) is 8.00. The van der Waals surface area contributed by atoms with Gasteiger partial charge in [-0.05, 0) is 32.4 Å². The smallest absolute Gasteiger partial charge is 0.339 e. The molecule has 6 heteroatoms. The third kappa shape index (κ3) is 1.89. The molecular formula is C11H12N4O2. The van der Waals surface area contributed by atoms with Gasteiger partial charge in [0.15, 0.2) is 5.82 Å². The average molecular weight is 232 g/mol. The number of aryl methyl sites for hydroxylation is 2. The summed E-state index contributed by atoms with van der Waals surface area (Å²) in [5.74, 6) is -0.780. The predicted molar refractivity (Wildman–Crippen MR) is 60.3 cm³/mol. The Labute approximate surface area is 97.9 Å². The van der Waals surface area contributed by atoms with Gasteiger partial charge in [-0.25, -0.2) is 9.48 Å². The molecule has 0 amide bonds. The number of rotatable bonds is 2. The van der Waals surface area contributed by atoms with Crippen molar-refractivity contribution in [2.75, 3.05) is 0 Å². The summed E-state index contributed by atoms with van der Waals surface area (Å²) >= 11 is 0. The zero-order valence-electron chi connectivity index (χ0n) is 9.80. The van der Waals surface area contributed by atoms with Crippen molar-refractivity contribution in [2.24, 2.45) is 0 Å². The van der Waals surface area contributed by atoms with Crippen LogP contribution < -0.4 is 0 Å². The SMILES string of the molecule is Cc1ccn(-c2nnc(C)c(C)c2C(=O)O)n1. The topological polar surface area (TPSA) is 80.9 Å². The molecule has 17 heavy (non-hydrogen) atoms. The van der Waals surface area contributed by atoms with E-state index < -0.39 is 5.97 Å². The highest BCUT2D eigenvalue weighted by Gasteiger charge is 2.19. The lowest BCUT2D eigenvalue weighted by Gasteiger charge is -2.08. The van der Waals surface area contributed by atoms with Crippen molar-refractivity contribution >= 4 is 5.97 Å². The van der Waals surface area contributed by atoms with E-state index >= 15 is 0 Å². The van der Waals surface area contributed by atoms with Crippen LogP contribution in [-0.4, -0.2) is 31.1 Å². The minimum Gasteiger partial charge on any atom is -0.478 e. The summed E-state index contributed by atoms with van der Waals surface area (Å²) in [5.41, 5.74) is 2.15. The molecule has 88 valence electrons. The molecule has 0 saturated carbocycles. The monoisotopic (exact) mass is 232 g/mol. The van der Waals surface area contributed by atoms with Gasteiger partial charge in [0.05, 0.1) is 11.4 Å². The van der Waals surface area contributed by atoms with E-state index in [4.69, 9.17) is 0 Å². The number of carboxylic acids is 1. The van der Waals surface area contributed by atoms with Crippen LogP contribution in [-0.2, 0) is 0 Å². The third-order valence-corrected chi connectivity index (χ3v) is 2.59. The molecule has 0 aromatic carbocycles. The summed E-state index contributed by atoms with van der Waals surface area (Å²) in [6.45, 7) is 5.27. The second kappa shape index (κ2) is 3.97. The van der Waals surface area contributed by atoms with Crippen molar-refractivity contribution in [1.29, 1.82) is 0 Å². The molecule has 2 heterocycles. The van der Waals surface area contributed by atoms with Gasteiger partial charge in [0.2, 0.25) is 0 Å². The molecule has 1 N–H and O–H groups in total. The van der Waals surface area contributed by atoms with Crippen molar-refractivity contribution in [3.63, 3.8) is 0 Å². The van der Waals surface area contributed by atoms with Gasteiger partial charge in [-0.2, -0.15) is 10.2 Å². The van der Waals surface area contributed by atoms with Crippen LogP contribution in [0, 0.1) is 20.8 Å². The summed E-state index contributed by atoms with van der Waals surface area (Å²) in [6, 6.07) is 1.78. The summed E-state index contributed by atoms with van der Waals surface area (Å²) in [6.07, 6.45) is 1.67. The molecule has 6 nitrogen and oxygen atoms in total. The van der Waals surface area contributed by atoms with Gasteiger partial charge in [-0.3, -0.25) is 0 Å². The van der Waals surface area contributed by atoms with Gasteiger partial charge < -0.3 is 5.11 Å². The van der Waals surface area contributed by atoms with Crippen LogP contribution in [0.25, 0.3) is 5.82 Å².